The Bertz CT molecular complexity index is 647. The first-order chi connectivity index (χ1) is 9.40. The molecule has 0 aliphatic heterocycles. The summed E-state index contributed by atoms with van der Waals surface area (Å²) in [6, 6.07) is 5.94. The van der Waals surface area contributed by atoms with Crippen molar-refractivity contribution >= 4 is 23.2 Å². The molecule has 0 bridgehead atoms. The third-order valence-electron chi connectivity index (χ3n) is 2.92. The monoisotopic (exact) mass is 319 g/mol. The first-order valence-corrected chi connectivity index (χ1v) is 6.48. The second kappa shape index (κ2) is 6.04. The Hall–Kier alpha value is -1.23. The highest BCUT2D eigenvalue weighted by molar-refractivity contribution is 6.35. The van der Waals surface area contributed by atoms with Crippen LogP contribution in [-0.4, -0.2) is 0 Å². The summed E-state index contributed by atoms with van der Waals surface area (Å²) in [7, 11) is 0. The summed E-state index contributed by atoms with van der Waals surface area (Å²) in [4.78, 5) is 0. The smallest absolute Gasteiger partial charge is 0.194 e. The van der Waals surface area contributed by atoms with Crippen LogP contribution in [0.4, 0.5) is 13.2 Å². The van der Waals surface area contributed by atoms with Gasteiger partial charge < -0.3 is 5.73 Å². The first-order valence-electron chi connectivity index (χ1n) is 5.73. The predicted molar refractivity (Wildman–Crippen MR) is 73.4 cm³/mol. The van der Waals surface area contributed by atoms with Crippen molar-refractivity contribution in [2.24, 2.45) is 5.73 Å². The SMILES string of the molecule is NC(Cc1ccc(Cl)cc1Cl)c1ccc(F)c(F)c1F. The number of rotatable bonds is 3. The zero-order valence-corrected chi connectivity index (χ0v) is 11.7. The Morgan fingerprint density at radius 3 is 2.35 bits per heavy atom. The van der Waals surface area contributed by atoms with Crippen LogP contribution in [0, 0.1) is 17.5 Å². The van der Waals surface area contributed by atoms with Gasteiger partial charge in [0.1, 0.15) is 0 Å². The molecule has 0 heterocycles. The summed E-state index contributed by atoms with van der Waals surface area (Å²) in [6.45, 7) is 0. The highest BCUT2D eigenvalue weighted by Gasteiger charge is 2.19. The van der Waals surface area contributed by atoms with Crippen LogP contribution in [0.1, 0.15) is 17.2 Å². The van der Waals surface area contributed by atoms with Gasteiger partial charge in [-0.1, -0.05) is 35.3 Å². The summed E-state index contributed by atoms with van der Waals surface area (Å²) in [5.41, 5.74) is 6.38. The van der Waals surface area contributed by atoms with Gasteiger partial charge in [-0.2, -0.15) is 0 Å². The van der Waals surface area contributed by atoms with Crippen LogP contribution in [0.5, 0.6) is 0 Å². The lowest BCUT2D eigenvalue weighted by molar-refractivity contribution is 0.435. The molecule has 0 aliphatic rings. The van der Waals surface area contributed by atoms with Crippen LogP contribution in [0.25, 0.3) is 0 Å². The van der Waals surface area contributed by atoms with Gasteiger partial charge in [-0.25, -0.2) is 13.2 Å². The molecule has 106 valence electrons. The van der Waals surface area contributed by atoms with Crippen LogP contribution in [0.3, 0.4) is 0 Å². The van der Waals surface area contributed by atoms with Gasteiger partial charge in [0, 0.05) is 21.7 Å². The first kappa shape index (κ1) is 15.2. The molecule has 0 aliphatic carbocycles. The quantitative estimate of drug-likeness (QED) is 0.818. The van der Waals surface area contributed by atoms with Crippen molar-refractivity contribution in [2.75, 3.05) is 0 Å². The minimum atomic E-state index is -1.53. The standard InChI is InChI=1S/C14H10Cl2F3N/c15-8-2-1-7(10(16)6-8)5-12(20)9-3-4-11(17)14(19)13(9)18/h1-4,6,12H,5,20H2. The molecule has 0 spiro atoms. The maximum atomic E-state index is 13.6. The molecule has 20 heavy (non-hydrogen) atoms. The van der Waals surface area contributed by atoms with Gasteiger partial charge in [-0.3, -0.25) is 0 Å². The van der Waals surface area contributed by atoms with Gasteiger partial charge in [0.05, 0.1) is 0 Å². The molecular weight excluding hydrogens is 310 g/mol. The summed E-state index contributed by atoms with van der Waals surface area (Å²) < 4.78 is 39.7. The number of hydrogen-bond acceptors (Lipinski definition) is 1. The van der Waals surface area contributed by atoms with Gasteiger partial charge in [0.15, 0.2) is 17.5 Å². The summed E-state index contributed by atoms with van der Waals surface area (Å²) >= 11 is 11.8. The molecule has 0 amide bonds. The number of hydrogen-bond donors (Lipinski definition) is 1. The van der Waals surface area contributed by atoms with E-state index in [-0.39, 0.29) is 12.0 Å². The molecule has 6 heteroatoms. The topological polar surface area (TPSA) is 26.0 Å². The summed E-state index contributed by atoms with van der Waals surface area (Å²) in [5.74, 6) is -4.05. The fraction of sp³-hybridized carbons (Fsp3) is 0.143. The van der Waals surface area contributed by atoms with E-state index in [0.29, 0.717) is 15.6 Å². The van der Waals surface area contributed by atoms with Gasteiger partial charge in [0.2, 0.25) is 0 Å². The third-order valence-corrected chi connectivity index (χ3v) is 3.51. The Kier molecular flexibility index (Phi) is 4.58. The molecule has 2 N–H and O–H groups in total. The van der Waals surface area contributed by atoms with E-state index < -0.39 is 23.5 Å². The average Bonchev–Trinajstić information content (AvgIpc) is 2.39. The third kappa shape index (κ3) is 3.08. The molecule has 2 rings (SSSR count). The van der Waals surface area contributed by atoms with Crippen molar-refractivity contribution in [3.63, 3.8) is 0 Å². The molecule has 0 saturated carbocycles. The lowest BCUT2D eigenvalue weighted by atomic mass is 9.99. The van der Waals surface area contributed by atoms with Crippen LogP contribution in [-0.2, 0) is 6.42 Å². The fourth-order valence-corrected chi connectivity index (χ4v) is 2.35. The molecule has 1 unspecified atom stereocenters. The van der Waals surface area contributed by atoms with E-state index in [9.17, 15) is 13.2 Å². The maximum Gasteiger partial charge on any atom is 0.194 e. The molecule has 2 aromatic carbocycles. The van der Waals surface area contributed by atoms with E-state index in [1.54, 1.807) is 12.1 Å². The molecular formula is C14H10Cl2F3N. The van der Waals surface area contributed by atoms with E-state index in [4.69, 9.17) is 28.9 Å². The van der Waals surface area contributed by atoms with E-state index in [0.717, 1.165) is 12.1 Å². The normalized spacial score (nSPS) is 12.5. The second-order valence-corrected chi connectivity index (χ2v) is 5.15. The van der Waals surface area contributed by atoms with Crippen LogP contribution < -0.4 is 5.73 Å². The zero-order chi connectivity index (χ0) is 14.9. The number of halogens is 5. The molecule has 2 aromatic rings. The van der Waals surface area contributed by atoms with Crippen LogP contribution in [0.15, 0.2) is 30.3 Å². The Morgan fingerprint density at radius 1 is 1.00 bits per heavy atom. The average molecular weight is 320 g/mol. The zero-order valence-electron chi connectivity index (χ0n) is 10.1. The van der Waals surface area contributed by atoms with Crippen molar-refractivity contribution in [1.29, 1.82) is 0 Å². The molecule has 1 nitrogen and oxygen atoms in total. The fourth-order valence-electron chi connectivity index (χ4n) is 1.86. The van der Waals surface area contributed by atoms with Gasteiger partial charge in [0.25, 0.3) is 0 Å². The van der Waals surface area contributed by atoms with Gasteiger partial charge in [-0.15, -0.1) is 0 Å². The predicted octanol–water partition coefficient (Wildman–Crippen LogP) is 4.65. The van der Waals surface area contributed by atoms with E-state index >= 15 is 0 Å². The lowest BCUT2D eigenvalue weighted by Gasteiger charge is -2.14. The number of nitrogens with two attached hydrogens (primary N) is 1. The van der Waals surface area contributed by atoms with Gasteiger partial charge >= 0.3 is 0 Å². The molecule has 1 atom stereocenters. The Balaban J connectivity index is 2.28. The Labute approximate surface area is 124 Å². The van der Waals surface area contributed by atoms with Crippen molar-refractivity contribution < 1.29 is 13.2 Å². The molecule has 0 radical (unpaired) electrons. The highest BCUT2D eigenvalue weighted by Crippen LogP contribution is 2.27. The second-order valence-electron chi connectivity index (χ2n) is 4.31. The summed E-state index contributed by atoms with van der Waals surface area (Å²) in [6.07, 6.45) is 0.179. The van der Waals surface area contributed by atoms with Crippen LogP contribution in [0.2, 0.25) is 10.0 Å². The van der Waals surface area contributed by atoms with E-state index in [1.165, 1.54) is 6.07 Å². The van der Waals surface area contributed by atoms with Crippen LogP contribution >= 0.6 is 23.2 Å². The van der Waals surface area contributed by atoms with Crippen molar-refractivity contribution in [3.05, 3.63) is 69.0 Å². The highest BCUT2D eigenvalue weighted by atomic mass is 35.5. The minimum absolute atomic E-state index is 0.102. The minimum Gasteiger partial charge on any atom is -0.324 e. The van der Waals surface area contributed by atoms with Gasteiger partial charge in [-0.05, 0) is 30.2 Å². The molecule has 0 saturated heterocycles. The van der Waals surface area contributed by atoms with E-state index in [1.807, 2.05) is 0 Å². The summed E-state index contributed by atoms with van der Waals surface area (Å²) in [5, 5.41) is 0.849. The largest absolute Gasteiger partial charge is 0.324 e. The van der Waals surface area contributed by atoms with Crippen molar-refractivity contribution in [2.45, 2.75) is 12.5 Å². The van der Waals surface area contributed by atoms with Crippen molar-refractivity contribution in [3.8, 4) is 0 Å². The lowest BCUT2D eigenvalue weighted by Crippen LogP contribution is -2.16. The molecule has 0 aromatic heterocycles. The van der Waals surface area contributed by atoms with E-state index in [2.05, 4.69) is 0 Å². The number of benzene rings is 2. The molecule has 0 fully saturated rings. The Morgan fingerprint density at radius 2 is 1.70 bits per heavy atom. The van der Waals surface area contributed by atoms with Crippen molar-refractivity contribution in [1.82, 2.24) is 0 Å². The maximum absolute atomic E-state index is 13.6.